The molecule has 0 spiro atoms. The average molecular weight is 431 g/mol. The predicted octanol–water partition coefficient (Wildman–Crippen LogP) is 4.28. The van der Waals surface area contributed by atoms with Crippen LogP contribution in [0.3, 0.4) is 0 Å². The summed E-state index contributed by atoms with van der Waals surface area (Å²) >= 11 is 0. The van der Waals surface area contributed by atoms with Gasteiger partial charge < -0.3 is 13.8 Å². The normalized spacial score (nSPS) is 17.0. The molecule has 1 aliphatic rings. The summed E-state index contributed by atoms with van der Waals surface area (Å²) in [5.74, 6) is 0.229. The molecule has 1 atom stereocenters. The summed E-state index contributed by atoms with van der Waals surface area (Å²) in [6.07, 6.45) is -0.854. The molecule has 0 aliphatic carbocycles. The third-order valence-corrected chi connectivity index (χ3v) is 5.25. The minimum Gasteiger partial charge on any atom is -0.463 e. The largest absolute Gasteiger partial charge is 0.463 e. The monoisotopic (exact) mass is 431 g/mol. The first kappa shape index (κ1) is 19.3. The number of aromatic nitrogens is 4. The Morgan fingerprint density at radius 1 is 1.29 bits per heavy atom. The van der Waals surface area contributed by atoms with Crippen molar-refractivity contribution in [1.82, 2.24) is 24.7 Å². The number of furan rings is 1. The van der Waals surface area contributed by atoms with Crippen LogP contribution in [0, 0.1) is 6.92 Å². The first-order chi connectivity index (χ1) is 14.8. The Morgan fingerprint density at radius 2 is 2.13 bits per heavy atom. The van der Waals surface area contributed by atoms with Crippen LogP contribution in [0.2, 0.25) is 0 Å². The van der Waals surface area contributed by atoms with E-state index in [9.17, 15) is 18.0 Å². The number of aryl methyl sites for hydroxylation is 1. The van der Waals surface area contributed by atoms with Crippen molar-refractivity contribution in [3.05, 3.63) is 59.4 Å². The van der Waals surface area contributed by atoms with E-state index >= 15 is 0 Å². The fraction of sp³-hybridized carbons (Fsp3) is 0.300. The lowest BCUT2D eigenvalue weighted by molar-refractivity contribution is -0.142. The van der Waals surface area contributed by atoms with E-state index in [2.05, 4.69) is 15.2 Å². The third kappa shape index (κ3) is 3.25. The molecular weight excluding hydrogens is 415 g/mol. The molecule has 160 valence electrons. The van der Waals surface area contributed by atoms with Crippen LogP contribution in [0.15, 0.2) is 45.7 Å². The maximum Gasteiger partial charge on any atom is 0.433 e. The minimum absolute atomic E-state index is 0.0259. The maximum atomic E-state index is 13.7. The van der Waals surface area contributed by atoms with Gasteiger partial charge in [-0.2, -0.15) is 18.3 Å². The highest BCUT2D eigenvalue weighted by Crippen LogP contribution is 2.36. The lowest BCUT2D eigenvalue weighted by Crippen LogP contribution is -2.30. The Bertz CT molecular complexity index is 1260. The molecule has 4 aromatic heterocycles. The standard InChI is InChI=1S/C20H16F3N5O3/c1-11-8-16(31-26-11)14-4-2-6-27(14)19(29)12-10-24-28-17(20(21,22)23)9-13(25-18(12)28)15-5-3-7-30-15/h3,5,7-10,14H,2,4,6H2,1H3/t14-/m0/s1. The second-order valence-electron chi connectivity index (χ2n) is 7.32. The van der Waals surface area contributed by atoms with E-state index in [1.165, 1.54) is 12.3 Å². The van der Waals surface area contributed by atoms with Gasteiger partial charge in [0.15, 0.2) is 22.9 Å². The maximum absolute atomic E-state index is 13.7. The third-order valence-electron chi connectivity index (χ3n) is 5.25. The zero-order valence-electron chi connectivity index (χ0n) is 16.3. The Morgan fingerprint density at radius 3 is 2.81 bits per heavy atom. The number of hydrogen-bond donors (Lipinski definition) is 0. The number of rotatable bonds is 3. The summed E-state index contributed by atoms with van der Waals surface area (Å²) in [6.45, 7) is 2.21. The van der Waals surface area contributed by atoms with Gasteiger partial charge in [0.05, 0.1) is 24.2 Å². The zero-order chi connectivity index (χ0) is 21.8. The summed E-state index contributed by atoms with van der Waals surface area (Å²) < 4.78 is 52.3. The molecule has 0 bridgehead atoms. The number of amides is 1. The van der Waals surface area contributed by atoms with Crippen molar-refractivity contribution in [3.8, 4) is 11.5 Å². The van der Waals surface area contributed by atoms with Crippen molar-refractivity contribution >= 4 is 11.6 Å². The van der Waals surface area contributed by atoms with Gasteiger partial charge in [-0.25, -0.2) is 9.50 Å². The molecule has 31 heavy (non-hydrogen) atoms. The van der Waals surface area contributed by atoms with Crippen molar-refractivity contribution in [2.75, 3.05) is 6.54 Å². The minimum atomic E-state index is -4.71. The average Bonchev–Trinajstić information content (AvgIpc) is 3.51. The van der Waals surface area contributed by atoms with E-state index in [1.54, 1.807) is 24.0 Å². The van der Waals surface area contributed by atoms with E-state index < -0.39 is 17.8 Å². The van der Waals surface area contributed by atoms with Crippen LogP contribution in [0.25, 0.3) is 17.1 Å². The molecule has 5 heterocycles. The van der Waals surface area contributed by atoms with Crippen LogP contribution in [0.4, 0.5) is 13.2 Å². The first-order valence-electron chi connectivity index (χ1n) is 9.57. The summed E-state index contributed by atoms with van der Waals surface area (Å²) in [6, 6.07) is 5.30. The van der Waals surface area contributed by atoms with E-state index in [1.807, 2.05) is 0 Å². The molecular formula is C20H16F3N5O3. The molecule has 8 nitrogen and oxygen atoms in total. The molecule has 5 rings (SSSR count). The van der Waals surface area contributed by atoms with E-state index in [-0.39, 0.29) is 28.7 Å². The highest BCUT2D eigenvalue weighted by atomic mass is 19.4. The smallest absolute Gasteiger partial charge is 0.433 e. The number of carbonyl (C=O) groups excluding carboxylic acids is 1. The van der Waals surface area contributed by atoms with Gasteiger partial charge in [0.25, 0.3) is 5.91 Å². The Kier molecular flexibility index (Phi) is 4.34. The topological polar surface area (TPSA) is 89.7 Å². The quantitative estimate of drug-likeness (QED) is 0.481. The molecule has 0 radical (unpaired) electrons. The molecule has 1 saturated heterocycles. The Balaban J connectivity index is 1.61. The van der Waals surface area contributed by atoms with Gasteiger partial charge in [-0.05, 0) is 38.0 Å². The van der Waals surface area contributed by atoms with Gasteiger partial charge >= 0.3 is 6.18 Å². The number of halogens is 3. The lowest BCUT2D eigenvalue weighted by Gasteiger charge is -2.22. The van der Waals surface area contributed by atoms with Crippen LogP contribution in [0.1, 0.15) is 46.4 Å². The van der Waals surface area contributed by atoms with Crippen molar-refractivity contribution in [1.29, 1.82) is 0 Å². The summed E-state index contributed by atoms with van der Waals surface area (Å²) in [5, 5.41) is 7.69. The van der Waals surface area contributed by atoms with Gasteiger partial charge in [0.1, 0.15) is 11.3 Å². The van der Waals surface area contributed by atoms with Crippen LogP contribution >= 0.6 is 0 Å². The summed E-state index contributed by atoms with van der Waals surface area (Å²) in [7, 11) is 0. The molecule has 0 unspecified atom stereocenters. The van der Waals surface area contributed by atoms with E-state index in [0.29, 0.717) is 28.9 Å². The van der Waals surface area contributed by atoms with Gasteiger partial charge in [-0.1, -0.05) is 5.16 Å². The SMILES string of the molecule is Cc1cc([C@@H]2CCCN2C(=O)c2cnn3c(C(F)(F)F)cc(-c4ccco4)nc23)on1. The number of hydrogen-bond acceptors (Lipinski definition) is 6. The van der Waals surface area contributed by atoms with Gasteiger partial charge in [-0.15, -0.1) is 0 Å². The van der Waals surface area contributed by atoms with Crippen LogP contribution in [0.5, 0.6) is 0 Å². The second kappa shape index (κ2) is 6.96. The Labute approximate surface area is 173 Å². The highest BCUT2D eigenvalue weighted by Gasteiger charge is 2.38. The molecule has 4 aromatic rings. The molecule has 11 heteroatoms. The highest BCUT2D eigenvalue weighted by molar-refractivity contribution is 6.00. The number of fused-ring (bicyclic) bond motifs is 1. The van der Waals surface area contributed by atoms with Crippen LogP contribution in [-0.2, 0) is 6.18 Å². The van der Waals surface area contributed by atoms with Gasteiger partial charge in [0, 0.05) is 12.6 Å². The van der Waals surface area contributed by atoms with Crippen LogP contribution in [-0.4, -0.2) is 37.1 Å². The second-order valence-corrected chi connectivity index (χ2v) is 7.32. The fourth-order valence-corrected chi connectivity index (χ4v) is 3.87. The summed E-state index contributed by atoms with van der Waals surface area (Å²) in [4.78, 5) is 19.2. The Hall–Kier alpha value is -3.63. The van der Waals surface area contributed by atoms with Crippen molar-refractivity contribution < 1.29 is 26.9 Å². The summed E-state index contributed by atoms with van der Waals surface area (Å²) in [5.41, 5.74) is -0.618. The van der Waals surface area contributed by atoms with Crippen molar-refractivity contribution in [3.63, 3.8) is 0 Å². The fourth-order valence-electron chi connectivity index (χ4n) is 3.87. The number of carbonyl (C=O) groups is 1. The molecule has 0 N–H and O–H groups in total. The zero-order valence-corrected chi connectivity index (χ0v) is 16.3. The first-order valence-corrected chi connectivity index (χ1v) is 9.57. The van der Waals surface area contributed by atoms with Gasteiger partial charge in [-0.3, -0.25) is 4.79 Å². The van der Waals surface area contributed by atoms with E-state index in [0.717, 1.165) is 18.7 Å². The van der Waals surface area contributed by atoms with Crippen molar-refractivity contribution in [2.24, 2.45) is 0 Å². The molecule has 0 saturated carbocycles. The molecule has 0 aromatic carbocycles. The van der Waals surface area contributed by atoms with Crippen LogP contribution < -0.4 is 0 Å². The van der Waals surface area contributed by atoms with Gasteiger partial charge in [0.2, 0.25) is 0 Å². The molecule has 1 fully saturated rings. The molecule has 1 aliphatic heterocycles. The predicted molar refractivity (Wildman–Crippen MR) is 99.9 cm³/mol. The number of alkyl halides is 3. The van der Waals surface area contributed by atoms with E-state index in [4.69, 9.17) is 8.94 Å². The lowest BCUT2D eigenvalue weighted by atomic mass is 10.1. The molecule has 1 amide bonds. The number of nitrogens with zero attached hydrogens (tertiary/aromatic N) is 5. The van der Waals surface area contributed by atoms with Crippen molar-refractivity contribution in [2.45, 2.75) is 32.0 Å². The number of likely N-dealkylation sites (tertiary alicyclic amines) is 1.